The number of hydrogen-bond acceptors (Lipinski definition) is 3. The van der Waals surface area contributed by atoms with Gasteiger partial charge in [-0.3, -0.25) is 0 Å². The lowest BCUT2D eigenvalue weighted by molar-refractivity contribution is -0.0329. The summed E-state index contributed by atoms with van der Waals surface area (Å²) in [5.41, 5.74) is -4.17. The van der Waals surface area contributed by atoms with Gasteiger partial charge in [0.1, 0.15) is 5.60 Å². The van der Waals surface area contributed by atoms with Crippen molar-refractivity contribution in [3.05, 3.63) is 35.9 Å². The number of alkyl carbamates (subject to hydrolysis) is 1. The Morgan fingerprint density at radius 3 is 2.32 bits per heavy atom. The van der Waals surface area contributed by atoms with Gasteiger partial charge < -0.3 is 10.1 Å². The van der Waals surface area contributed by atoms with E-state index in [9.17, 15) is 18.0 Å². The first-order valence-electron chi connectivity index (χ1n) is 6.79. The van der Waals surface area contributed by atoms with Gasteiger partial charge in [0.15, 0.2) is 0 Å². The van der Waals surface area contributed by atoms with Crippen LogP contribution in [-0.4, -0.2) is 29.0 Å². The van der Waals surface area contributed by atoms with Crippen LogP contribution in [0.25, 0.3) is 0 Å². The van der Waals surface area contributed by atoms with Gasteiger partial charge in [-0.1, -0.05) is 30.3 Å². The summed E-state index contributed by atoms with van der Waals surface area (Å²) in [4.78, 5) is 11.8. The number of hydrogen-bond donors (Lipinski definition) is 1. The zero-order valence-corrected chi connectivity index (χ0v) is 13.6. The molecule has 0 aliphatic heterocycles. The molecular weight excluding hydrogens is 315 g/mol. The summed E-state index contributed by atoms with van der Waals surface area (Å²) >= 11 is -0.149. The summed E-state index contributed by atoms with van der Waals surface area (Å²) in [7, 11) is 0. The fourth-order valence-electron chi connectivity index (χ4n) is 1.72. The summed E-state index contributed by atoms with van der Waals surface area (Å²) in [6.07, 6.45) is -0.403. The molecule has 0 aliphatic carbocycles. The predicted octanol–water partition coefficient (Wildman–Crippen LogP) is 4.38. The van der Waals surface area contributed by atoms with E-state index in [0.717, 1.165) is 5.56 Å². The van der Waals surface area contributed by atoms with Crippen molar-refractivity contribution in [1.82, 2.24) is 5.32 Å². The lowest BCUT2D eigenvalue weighted by atomic mass is 10.1. The fraction of sp³-hybridized carbons (Fsp3) is 0.533. The predicted molar refractivity (Wildman–Crippen MR) is 81.8 cm³/mol. The number of carbonyl (C=O) groups is 1. The molecule has 0 bridgehead atoms. The van der Waals surface area contributed by atoms with Crippen molar-refractivity contribution in [2.75, 3.05) is 5.75 Å². The molecule has 0 heterocycles. The van der Waals surface area contributed by atoms with E-state index in [2.05, 4.69) is 5.32 Å². The molecule has 0 saturated carbocycles. The number of amides is 1. The lowest BCUT2D eigenvalue weighted by Crippen LogP contribution is -2.42. The van der Waals surface area contributed by atoms with Crippen molar-refractivity contribution < 1.29 is 22.7 Å². The van der Waals surface area contributed by atoms with Gasteiger partial charge in [-0.25, -0.2) is 4.79 Å². The second kappa shape index (κ2) is 7.76. The highest BCUT2D eigenvalue weighted by Crippen LogP contribution is 2.31. The van der Waals surface area contributed by atoms with Crippen LogP contribution in [-0.2, 0) is 11.2 Å². The van der Waals surface area contributed by atoms with E-state index in [1.54, 1.807) is 32.9 Å². The third-order valence-electron chi connectivity index (χ3n) is 2.49. The van der Waals surface area contributed by atoms with Crippen molar-refractivity contribution in [2.24, 2.45) is 0 Å². The van der Waals surface area contributed by atoms with Crippen LogP contribution < -0.4 is 5.32 Å². The van der Waals surface area contributed by atoms with E-state index >= 15 is 0 Å². The number of alkyl halides is 3. The standard InChI is InChI=1S/C15H20F3NO2S/c1-14(2,3)21-13(20)19-12(10-22-15(16,17)18)9-11-7-5-4-6-8-11/h4-8,12H,9-10H2,1-3H3,(H,19,20). The second-order valence-electron chi connectivity index (χ2n) is 5.79. The number of benzene rings is 1. The summed E-state index contributed by atoms with van der Waals surface area (Å²) in [5.74, 6) is -0.266. The van der Waals surface area contributed by atoms with Crippen LogP contribution in [0.15, 0.2) is 30.3 Å². The average Bonchev–Trinajstić information content (AvgIpc) is 2.34. The molecule has 0 radical (unpaired) electrons. The number of nitrogens with one attached hydrogen (secondary N) is 1. The number of carbonyl (C=O) groups excluding carboxylic acids is 1. The number of rotatable bonds is 5. The van der Waals surface area contributed by atoms with Gasteiger partial charge in [-0.2, -0.15) is 13.2 Å². The Balaban J connectivity index is 2.67. The number of ether oxygens (including phenoxy) is 1. The molecule has 22 heavy (non-hydrogen) atoms. The quantitative estimate of drug-likeness (QED) is 0.868. The molecule has 1 unspecified atom stereocenters. The van der Waals surface area contributed by atoms with Crippen molar-refractivity contribution in [1.29, 1.82) is 0 Å². The first-order chi connectivity index (χ1) is 10.1. The summed E-state index contributed by atoms with van der Waals surface area (Å²) in [5, 5.41) is 2.51. The van der Waals surface area contributed by atoms with Gasteiger partial charge >= 0.3 is 11.6 Å². The molecule has 1 amide bonds. The first kappa shape index (κ1) is 18.7. The van der Waals surface area contributed by atoms with Crippen LogP contribution in [0, 0.1) is 0 Å². The molecule has 0 aromatic heterocycles. The Labute approximate surface area is 132 Å². The van der Waals surface area contributed by atoms with Gasteiger partial charge in [0.25, 0.3) is 0 Å². The minimum absolute atomic E-state index is 0.149. The normalized spacial score (nSPS) is 13.5. The SMILES string of the molecule is CC(C)(C)OC(=O)NC(CSC(F)(F)F)Cc1ccccc1. The minimum atomic E-state index is -4.33. The molecular formula is C15H20F3NO2S. The molecule has 3 nitrogen and oxygen atoms in total. The van der Waals surface area contributed by atoms with E-state index in [0.29, 0.717) is 6.42 Å². The maximum atomic E-state index is 12.4. The summed E-state index contributed by atoms with van der Waals surface area (Å²) in [6, 6.07) is 8.38. The molecule has 0 aliphatic rings. The molecule has 0 saturated heterocycles. The van der Waals surface area contributed by atoms with Crippen LogP contribution in [0.4, 0.5) is 18.0 Å². The first-order valence-corrected chi connectivity index (χ1v) is 7.78. The van der Waals surface area contributed by atoms with Crippen LogP contribution >= 0.6 is 11.8 Å². The van der Waals surface area contributed by atoms with Gasteiger partial charge in [0.05, 0.1) is 0 Å². The van der Waals surface area contributed by atoms with Gasteiger partial charge in [0.2, 0.25) is 0 Å². The third-order valence-corrected chi connectivity index (χ3v) is 3.39. The molecule has 124 valence electrons. The molecule has 1 atom stereocenters. The molecule has 1 N–H and O–H groups in total. The fourth-order valence-corrected chi connectivity index (χ4v) is 2.31. The Hall–Kier alpha value is -1.37. The van der Waals surface area contributed by atoms with Crippen molar-refractivity contribution in [3.63, 3.8) is 0 Å². The number of halogens is 3. The van der Waals surface area contributed by atoms with Crippen LogP contribution in [0.3, 0.4) is 0 Å². The summed E-state index contributed by atoms with van der Waals surface area (Å²) in [6.45, 7) is 5.09. The Morgan fingerprint density at radius 2 is 1.82 bits per heavy atom. The molecule has 0 spiro atoms. The zero-order chi connectivity index (χ0) is 16.8. The van der Waals surface area contributed by atoms with Crippen LogP contribution in [0.1, 0.15) is 26.3 Å². The lowest BCUT2D eigenvalue weighted by Gasteiger charge is -2.24. The molecule has 1 aromatic rings. The van der Waals surface area contributed by atoms with E-state index < -0.39 is 23.2 Å². The van der Waals surface area contributed by atoms with E-state index in [1.165, 1.54) is 0 Å². The molecule has 1 aromatic carbocycles. The zero-order valence-electron chi connectivity index (χ0n) is 12.7. The maximum Gasteiger partial charge on any atom is 0.441 e. The smallest absolute Gasteiger partial charge is 0.441 e. The monoisotopic (exact) mass is 335 g/mol. The van der Waals surface area contributed by atoms with Gasteiger partial charge in [-0.15, -0.1) is 0 Å². The average molecular weight is 335 g/mol. The Bertz CT molecular complexity index is 472. The second-order valence-corrected chi connectivity index (χ2v) is 6.87. The molecule has 0 fully saturated rings. The van der Waals surface area contributed by atoms with Gasteiger partial charge in [-0.05, 0) is 44.5 Å². The highest BCUT2D eigenvalue weighted by Gasteiger charge is 2.30. The third kappa shape index (κ3) is 8.81. The molecule has 7 heteroatoms. The maximum absolute atomic E-state index is 12.4. The Morgan fingerprint density at radius 1 is 1.23 bits per heavy atom. The van der Waals surface area contributed by atoms with Crippen LogP contribution in [0.2, 0.25) is 0 Å². The van der Waals surface area contributed by atoms with Crippen LogP contribution in [0.5, 0.6) is 0 Å². The largest absolute Gasteiger partial charge is 0.444 e. The number of thioether (sulfide) groups is 1. The van der Waals surface area contributed by atoms with E-state index in [4.69, 9.17) is 4.74 Å². The highest BCUT2D eigenvalue weighted by atomic mass is 32.2. The van der Waals surface area contributed by atoms with Crippen molar-refractivity contribution in [2.45, 2.75) is 44.3 Å². The van der Waals surface area contributed by atoms with Crippen molar-refractivity contribution >= 4 is 17.9 Å². The van der Waals surface area contributed by atoms with Gasteiger partial charge in [0, 0.05) is 11.8 Å². The summed E-state index contributed by atoms with van der Waals surface area (Å²) < 4.78 is 42.2. The van der Waals surface area contributed by atoms with Crippen molar-refractivity contribution in [3.8, 4) is 0 Å². The highest BCUT2D eigenvalue weighted by molar-refractivity contribution is 8.00. The van der Waals surface area contributed by atoms with E-state index in [1.807, 2.05) is 18.2 Å². The van der Waals surface area contributed by atoms with E-state index in [-0.39, 0.29) is 17.5 Å². The molecule has 1 rings (SSSR count). The minimum Gasteiger partial charge on any atom is -0.444 e. The topological polar surface area (TPSA) is 38.3 Å². The Kier molecular flexibility index (Phi) is 6.59.